The maximum Gasteiger partial charge on any atom is 0.340 e. The van der Waals surface area contributed by atoms with Crippen molar-refractivity contribution in [2.75, 3.05) is 19.1 Å². The fraction of sp³-hybridized carbons (Fsp3) is 0.462. The summed E-state index contributed by atoms with van der Waals surface area (Å²) in [6, 6.07) is 5.12. The van der Waals surface area contributed by atoms with Crippen molar-refractivity contribution < 1.29 is 14.3 Å². The number of nitrogens with two attached hydrogens (primary N) is 1. The number of ether oxygens (including phenoxy) is 2. The number of hydrogen-bond acceptors (Lipinski definition) is 4. The van der Waals surface area contributed by atoms with Crippen LogP contribution < -0.4 is 5.73 Å². The molecule has 0 aliphatic heterocycles. The number of hydrogen-bond donors (Lipinski definition) is 1. The first-order chi connectivity index (χ1) is 8.16. The van der Waals surface area contributed by atoms with E-state index in [1.54, 1.807) is 18.2 Å². The molecule has 0 spiro atoms. The van der Waals surface area contributed by atoms with Crippen LogP contribution in [0.3, 0.4) is 0 Å². The van der Waals surface area contributed by atoms with Crippen LogP contribution >= 0.6 is 0 Å². The Kier molecular flexibility index (Phi) is 3.64. The minimum absolute atomic E-state index is 0.0269. The van der Waals surface area contributed by atoms with Gasteiger partial charge in [0.15, 0.2) is 6.79 Å². The number of rotatable bonds is 5. The second-order valence-electron chi connectivity index (χ2n) is 4.44. The molecule has 1 saturated carbocycles. The molecule has 4 nitrogen and oxygen atoms in total. The standard InChI is InChI=1S/C13H17NO3/c1-9-6-11(14)4-5-12(9)13(15)17-8-16-7-10-2-3-10/h4-6,10H,2-3,7-8,14H2,1H3. The Morgan fingerprint density at radius 1 is 1.47 bits per heavy atom. The van der Waals surface area contributed by atoms with Gasteiger partial charge in [0.1, 0.15) is 0 Å². The normalized spacial score (nSPS) is 14.6. The van der Waals surface area contributed by atoms with Crippen molar-refractivity contribution in [1.29, 1.82) is 0 Å². The summed E-state index contributed by atoms with van der Waals surface area (Å²) in [5.41, 5.74) is 7.61. The Hall–Kier alpha value is -1.55. The van der Waals surface area contributed by atoms with Crippen LogP contribution in [0.1, 0.15) is 28.8 Å². The first kappa shape index (κ1) is 11.9. The third-order valence-electron chi connectivity index (χ3n) is 2.79. The maximum atomic E-state index is 11.7. The molecular weight excluding hydrogens is 218 g/mol. The minimum atomic E-state index is -0.363. The van der Waals surface area contributed by atoms with Gasteiger partial charge in [0, 0.05) is 5.69 Å². The molecule has 0 atom stereocenters. The number of nitrogen functional groups attached to an aromatic ring is 1. The van der Waals surface area contributed by atoms with Crippen molar-refractivity contribution in [3.05, 3.63) is 29.3 Å². The highest BCUT2D eigenvalue weighted by Gasteiger charge is 2.21. The molecule has 1 aromatic rings. The molecule has 0 radical (unpaired) electrons. The van der Waals surface area contributed by atoms with Crippen LogP contribution in [0.25, 0.3) is 0 Å². The van der Waals surface area contributed by atoms with Gasteiger partial charge in [-0.15, -0.1) is 0 Å². The molecule has 0 heterocycles. The monoisotopic (exact) mass is 235 g/mol. The molecule has 0 amide bonds. The lowest BCUT2D eigenvalue weighted by atomic mass is 10.1. The minimum Gasteiger partial charge on any atom is -0.435 e. The number of aryl methyl sites for hydroxylation is 1. The topological polar surface area (TPSA) is 61.6 Å². The maximum absolute atomic E-state index is 11.7. The van der Waals surface area contributed by atoms with Crippen molar-refractivity contribution >= 4 is 11.7 Å². The molecule has 0 bridgehead atoms. The van der Waals surface area contributed by atoms with Gasteiger partial charge in [0.05, 0.1) is 12.2 Å². The smallest absolute Gasteiger partial charge is 0.340 e. The van der Waals surface area contributed by atoms with Gasteiger partial charge < -0.3 is 15.2 Å². The number of carbonyl (C=O) groups is 1. The lowest BCUT2D eigenvalue weighted by Crippen LogP contribution is -2.11. The molecule has 1 aliphatic carbocycles. The first-order valence-electron chi connectivity index (χ1n) is 5.78. The van der Waals surface area contributed by atoms with Crippen molar-refractivity contribution in [3.63, 3.8) is 0 Å². The summed E-state index contributed by atoms with van der Waals surface area (Å²) < 4.78 is 10.3. The Morgan fingerprint density at radius 2 is 2.24 bits per heavy atom. The van der Waals surface area contributed by atoms with Crippen molar-refractivity contribution in [2.24, 2.45) is 5.92 Å². The zero-order valence-corrected chi connectivity index (χ0v) is 9.94. The van der Waals surface area contributed by atoms with E-state index in [1.165, 1.54) is 12.8 Å². The van der Waals surface area contributed by atoms with Crippen LogP contribution in [0, 0.1) is 12.8 Å². The van der Waals surface area contributed by atoms with Gasteiger partial charge in [-0.05, 0) is 49.4 Å². The molecule has 4 heteroatoms. The third-order valence-corrected chi connectivity index (χ3v) is 2.79. The van der Waals surface area contributed by atoms with Gasteiger partial charge in [-0.3, -0.25) is 0 Å². The summed E-state index contributed by atoms with van der Waals surface area (Å²) in [5, 5.41) is 0. The second-order valence-corrected chi connectivity index (χ2v) is 4.44. The van der Waals surface area contributed by atoms with Crippen LogP contribution in [-0.4, -0.2) is 19.4 Å². The van der Waals surface area contributed by atoms with E-state index in [0.29, 0.717) is 23.8 Å². The van der Waals surface area contributed by atoms with Gasteiger partial charge in [-0.2, -0.15) is 0 Å². The molecule has 1 aromatic carbocycles. The molecule has 1 aliphatic rings. The van der Waals surface area contributed by atoms with Crippen molar-refractivity contribution in [1.82, 2.24) is 0 Å². The molecule has 17 heavy (non-hydrogen) atoms. The highest BCUT2D eigenvalue weighted by Crippen LogP contribution is 2.28. The highest BCUT2D eigenvalue weighted by atomic mass is 16.7. The Bertz CT molecular complexity index is 413. The van der Waals surface area contributed by atoms with Crippen molar-refractivity contribution in [2.45, 2.75) is 19.8 Å². The number of benzene rings is 1. The van der Waals surface area contributed by atoms with Crippen LogP contribution in [-0.2, 0) is 9.47 Å². The average molecular weight is 235 g/mol. The fourth-order valence-electron chi connectivity index (χ4n) is 1.59. The number of carbonyl (C=O) groups excluding carboxylic acids is 1. The molecule has 2 N–H and O–H groups in total. The number of anilines is 1. The SMILES string of the molecule is Cc1cc(N)ccc1C(=O)OCOCC1CC1. The van der Waals surface area contributed by atoms with E-state index in [-0.39, 0.29) is 12.8 Å². The van der Waals surface area contributed by atoms with Crippen LogP contribution in [0.2, 0.25) is 0 Å². The van der Waals surface area contributed by atoms with Crippen LogP contribution in [0.4, 0.5) is 5.69 Å². The molecule has 92 valence electrons. The van der Waals surface area contributed by atoms with E-state index >= 15 is 0 Å². The molecule has 0 unspecified atom stereocenters. The lowest BCUT2D eigenvalue weighted by Gasteiger charge is -2.08. The van der Waals surface area contributed by atoms with Crippen molar-refractivity contribution in [3.8, 4) is 0 Å². The lowest BCUT2D eigenvalue weighted by molar-refractivity contribution is -0.0345. The van der Waals surface area contributed by atoms with E-state index in [0.717, 1.165) is 5.56 Å². The van der Waals surface area contributed by atoms with E-state index in [4.69, 9.17) is 15.2 Å². The zero-order chi connectivity index (χ0) is 12.3. The average Bonchev–Trinajstić information content (AvgIpc) is 3.08. The van der Waals surface area contributed by atoms with Gasteiger partial charge in [-0.1, -0.05) is 0 Å². The van der Waals surface area contributed by atoms with Crippen LogP contribution in [0.5, 0.6) is 0 Å². The van der Waals surface area contributed by atoms with Gasteiger partial charge in [0.25, 0.3) is 0 Å². The van der Waals surface area contributed by atoms with Gasteiger partial charge in [-0.25, -0.2) is 4.79 Å². The van der Waals surface area contributed by atoms with E-state index in [1.807, 2.05) is 6.92 Å². The summed E-state index contributed by atoms with van der Waals surface area (Å²) in [4.78, 5) is 11.7. The second kappa shape index (κ2) is 5.19. The Labute approximate surface area is 101 Å². The predicted octanol–water partition coefficient (Wildman–Crippen LogP) is 2.12. The fourth-order valence-corrected chi connectivity index (χ4v) is 1.59. The summed E-state index contributed by atoms with van der Waals surface area (Å²) in [6.07, 6.45) is 2.45. The quantitative estimate of drug-likeness (QED) is 0.367. The Morgan fingerprint density at radius 3 is 2.88 bits per heavy atom. The zero-order valence-electron chi connectivity index (χ0n) is 9.94. The van der Waals surface area contributed by atoms with Gasteiger partial charge >= 0.3 is 5.97 Å². The van der Waals surface area contributed by atoms with E-state index in [2.05, 4.69) is 0 Å². The van der Waals surface area contributed by atoms with Gasteiger partial charge in [0.2, 0.25) is 0 Å². The molecule has 1 fully saturated rings. The summed E-state index contributed by atoms with van der Waals surface area (Å²) >= 11 is 0. The summed E-state index contributed by atoms with van der Waals surface area (Å²) in [5.74, 6) is 0.310. The molecule has 2 rings (SSSR count). The highest BCUT2D eigenvalue weighted by molar-refractivity contribution is 5.91. The van der Waals surface area contributed by atoms with E-state index in [9.17, 15) is 4.79 Å². The molecular formula is C13H17NO3. The van der Waals surface area contributed by atoms with E-state index < -0.39 is 0 Å². The number of esters is 1. The summed E-state index contributed by atoms with van der Waals surface area (Å²) in [6.45, 7) is 2.55. The molecule has 0 aromatic heterocycles. The Balaban J connectivity index is 1.81. The largest absolute Gasteiger partial charge is 0.435 e. The van der Waals surface area contributed by atoms with Crippen LogP contribution in [0.15, 0.2) is 18.2 Å². The summed E-state index contributed by atoms with van der Waals surface area (Å²) in [7, 11) is 0. The molecule has 0 saturated heterocycles. The third kappa shape index (κ3) is 3.46. The first-order valence-corrected chi connectivity index (χ1v) is 5.78. The predicted molar refractivity (Wildman–Crippen MR) is 64.5 cm³/mol.